The fourth-order valence-electron chi connectivity index (χ4n) is 8.92. The van der Waals surface area contributed by atoms with Gasteiger partial charge in [0.25, 0.3) is 0 Å². The summed E-state index contributed by atoms with van der Waals surface area (Å²) in [6.45, 7) is 2.38. The summed E-state index contributed by atoms with van der Waals surface area (Å²) in [5.74, 6) is -1.63. The summed E-state index contributed by atoms with van der Waals surface area (Å²) in [4.78, 5) is 58.4. The molecule has 0 spiro atoms. The third-order valence-electron chi connectivity index (χ3n) is 14.2. The van der Waals surface area contributed by atoms with Crippen LogP contribution in [-0.4, -0.2) is 95.9 Å². The number of carbonyl (C=O) groups is 3. The fraction of sp³-hybridized carbons (Fsp3) is 0.685. The normalized spacial score (nSPS) is 14.9. The first-order chi connectivity index (χ1) is 44.2. The number of allylic oxidation sites excluding steroid dienone is 20. The van der Waals surface area contributed by atoms with Crippen molar-refractivity contribution in [3.63, 3.8) is 0 Å². The molecule has 0 aromatic carbocycles. The van der Waals surface area contributed by atoms with Crippen LogP contribution in [0.15, 0.2) is 122 Å². The van der Waals surface area contributed by atoms with E-state index in [9.17, 15) is 43.5 Å². The van der Waals surface area contributed by atoms with Crippen LogP contribution in [0.1, 0.15) is 265 Å². The maximum Gasteiger partial charge on any atom is 0.472 e. The van der Waals surface area contributed by atoms with E-state index >= 15 is 0 Å². The van der Waals surface area contributed by atoms with Gasteiger partial charge >= 0.3 is 33.6 Å². The third-order valence-corrected chi connectivity index (χ3v) is 16.1. The summed E-state index contributed by atoms with van der Waals surface area (Å²) in [6, 6.07) is 0. The zero-order valence-electron chi connectivity index (χ0n) is 56.5. The summed E-state index contributed by atoms with van der Waals surface area (Å²) in [6.07, 6.45) is 75.3. The van der Waals surface area contributed by atoms with Crippen LogP contribution in [0.25, 0.3) is 0 Å². The molecule has 0 radical (unpaired) electrons. The number of aliphatic hydroxyl groups excluding tert-OH is 2. The average molecular weight is 1320 g/mol. The van der Waals surface area contributed by atoms with Crippen LogP contribution >= 0.6 is 15.6 Å². The highest BCUT2D eigenvalue weighted by Crippen LogP contribution is 2.45. The van der Waals surface area contributed by atoms with Gasteiger partial charge in [-0.25, -0.2) is 9.13 Å². The van der Waals surface area contributed by atoms with Crippen molar-refractivity contribution in [1.82, 2.24) is 0 Å². The van der Waals surface area contributed by atoms with E-state index < -0.39 is 91.5 Å². The number of aliphatic hydroxyl groups is 2. The van der Waals surface area contributed by atoms with Crippen molar-refractivity contribution in [2.24, 2.45) is 0 Å². The summed E-state index contributed by atoms with van der Waals surface area (Å²) in [5, 5.41) is 20.6. The lowest BCUT2D eigenvalue weighted by Gasteiger charge is -2.21. The van der Waals surface area contributed by atoms with Crippen molar-refractivity contribution in [2.75, 3.05) is 39.6 Å². The van der Waals surface area contributed by atoms with Gasteiger partial charge < -0.3 is 34.2 Å². The monoisotopic (exact) mass is 1320 g/mol. The number of unbranched alkanes of at least 4 members (excludes halogenated alkanes) is 22. The van der Waals surface area contributed by atoms with Gasteiger partial charge in [-0.05, 0) is 109 Å². The molecule has 0 aliphatic rings. The molecule has 522 valence electrons. The molecular weight excluding hydrogens is 1190 g/mol. The predicted octanol–water partition coefficient (Wildman–Crippen LogP) is 19.4. The van der Waals surface area contributed by atoms with Crippen molar-refractivity contribution in [2.45, 2.75) is 283 Å². The van der Waals surface area contributed by atoms with E-state index in [0.29, 0.717) is 19.3 Å². The van der Waals surface area contributed by atoms with Gasteiger partial charge in [-0.1, -0.05) is 258 Å². The SMILES string of the molecule is CC/C=C\C/C=C\C/C=C\C/C=C\C/C=C\CCCCCCCC(=O)OCC(O)COP(=O)(O)OCC(O)COP(=O)(O)OCC(COC(=O)CCCCC/C=C\C/C=C\C/C=C\C/C=C\C/C=C\CC)OC(=O)CCCCCCCCCCCCCCCCC. The molecule has 0 heterocycles. The topological polar surface area (TPSA) is 231 Å². The van der Waals surface area contributed by atoms with E-state index in [1.165, 1.54) is 64.2 Å². The minimum absolute atomic E-state index is 0.0971. The second kappa shape index (κ2) is 66.0. The smallest absolute Gasteiger partial charge is 0.463 e. The molecule has 0 aromatic heterocycles. The van der Waals surface area contributed by atoms with Gasteiger partial charge in [-0.15, -0.1) is 0 Å². The number of ether oxygens (including phenoxy) is 3. The maximum absolute atomic E-state index is 12.9. The van der Waals surface area contributed by atoms with E-state index in [-0.39, 0.29) is 19.3 Å². The zero-order valence-corrected chi connectivity index (χ0v) is 58.3. The summed E-state index contributed by atoms with van der Waals surface area (Å²) in [7, 11) is -9.79. The summed E-state index contributed by atoms with van der Waals surface area (Å²) < 4.78 is 60.9. The molecule has 0 saturated carbocycles. The van der Waals surface area contributed by atoms with E-state index in [1.807, 2.05) is 0 Å². The number of rotatable bonds is 65. The number of phosphoric acid groups is 2. The van der Waals surface area contributed by atoms with Crippen molar-refractivity contribution in [3.05, 3.63) is 122 Å². The third kappa shape index (κ3) is 67.2. The molecule has 91 heavy (non-hydrogen) atoms. The van der Waals surface area contributed by atoms with Crippen molar-refractivity contribution in [1.29, 1.82) is 0 Å². The zero-order chi connectivity index (χ0) is 66.7. The maximum atomic E-state index is 12.9. The highest BCUT2D eigenvalue weighted by Gasteiger charge is 2.29. The number of carbonyl (C=O) groups excluding carboxylic acids is 3. The van der Waals surface area contributed by atoms with Crippen LogP contribution in [0, 0.1) is 0 Å². The van der Waals surface area contributed by atoms with Crippen LogP contribution in [0.5, 0.6) is 0 Å². The number of phosphoric ester groups is 2. The molecule has 0 aromatic rings. The highest BCUT2D eigenvalue weighted by atomic mass is 31.2. The molecule has 5 atom stereocenters. The Kier molecular flexibility index (Phi) is 63.1. The molecular formula is C73H124O16P2. The van der Waals surface area contributed by atoms with E-state index in [0.717, 1.165) is 141 Å². The van der Waals surface area contributed by atoms with E-state index in [4.69, 9.17) is 32.3 Å². The van der Waals surface area contributed by atoms with Crippen molar-refractivity contribution < 1.29 is 75.8 Å². The van der Waals surface area contributed by atoms with Gasteiger partial charge in [0.2, 0.25) is 0 Å². The van der Waals surface area contributed by atoms with Crippen LogP contribution in [0.3, 0.4) is 0 Å². The fourth-order valence-corrected chi connectivity index (χ4v) is 10.5. The standard InChI is InChI=1S/C73H124O16P2/c1-4-7-10-13-16-19-22-25-28-30-32-33-35-37-39-41-44-47-50-53-56-59-71(76)83-62-68(74)63-85-90(79,80)86-64-69(75)65-87-91(81,82)88-67-70(89-73(78)61-58-55-52-49-46-43-38-27-24-21-18-15-12-9-6-3)66-84-72(77)60-57-54-51-48-45-42-40-36-34-31-29-26-23-20-17-14-11-8-5-2/h7-8,10-11,16-17,19-20,25-26,28-29,32-34,36-37,39,42,45,68-70,74-75H,4-6,9,12-15,18,21-24,27,30-31,35,38,40-41,43-44,46-67H2,1-3H3,(H,79,80)(H,81,82)/b10-7-,11-8-,19-16-,20-17-,28-25-,29-26-,33-32-,36-34-,39-37-,45-42-. The van der Waals surface area contributed by atoms with Crippen LogP contribution in [0.2, 0.25) is 0 Å². The Morgan fingerprint density at radius 2 is 0.582 bits per heavy atom. The molecule has 5 unspecified atom stereocenters. The van der Waals surface area contributed by atoms with Crippen LogP contribution in [0.4, 0.5) is 0 Å². The molecule has 0 aliphatic heterocycles. The minimum Gasteiger partial charge on any atom is -0.463 e. The van der Waals surface area contributed by atoms with Crippen LogP contribution in [-0.2, 0) is 55.8 Å². The Balaban J connectivity index is 4.71. The van der Waals surface area contributed by atoms with Gasteiger partial charge in [0.05, 0.1) is 26.4 Å². The van der Waals surface area contributed by atoms with Gasteiger partial charge in [-0.3, -0.25) is 32.5 Å². The highest BCUT2D eigenvalue weighted by molar-refractivity contribution is 7.47. The quantitative estimate of drug-likeness (QED) is 0.0146. The molecule has 0 aliphatic carbocycles. The number of esters is 3. The first-order valence-electron chi connectivity index (χ1n) is 34.8. The molecule has 0 amide bonds. The molecule has 0 fully saturated rings. The number of hydrogen-bond donors (Lipinski definition) is 4. The molecule has 4 N–H and O–H groups in total. The second-order valence-electron chi connectivity index (χ2n) is 22.9. The van der Waals surface area contributed by atoms with Gasteiger partial charge in [0, 0.05) is 19.3 Å². The first-order valence-corrected chi connectivity index (χ1v) is 37.8. The Morgan fingerprint density at radius 3 is 0.934 bits per heavy atom. The minimum atomic E-state index is -4.93. The second-order valence-corrected chi connectivity index (χ2v) is 25.8. The molecule has 18 heteroatoms. The Hall–Kier alpha value is -4.05. The summed E-state index contributed by atoms with van der Waals surface area (Å²) >= 11 is 0. The van der Waals surface area contributed by atoms with E-state index in [1.54, 1.807) is 0 Å². The van der Waals surface area contributed by atoms with Crippen molar-refractivity contribution in [3.8, 4) is 0 Å². The molecule has 0 rings (SSSR count). The lowest BCUT2D eigenvalue weighted by Crippen LogP contribution is -2.30. The molecule has 16 nitrogen and oxygen atoms in total. The van der Waals surface area contributed by atoms with E-state index in [2.05, 4.69) is 142 Å². The Bertz CT molecular complexity index is 2140. The average Bonchev–Trinajstić information content (AvgIpc) is 3.09. The molecule has 0 bridgehead atoms. The number of hydrogen-bond acceptors (Lipinski definition) is 14. The summed E-state index contributed by atoms with van der Waals surface area (Å²) in [5.41, 5.74) is 0. The predicted molar refractivity (Wildman–Crippen MR) is 371 cm³/mol. The van der Waals surface area contributed by atoms with Crippen molar-refractivity contribution >= 4 is 33.6 Å². The van der Waals surface area contributed by atoms with Gasteiger partial charge in [0.1, 0.15) is 25.4 Å². The van der Waals surface area contributed by atoms with Gasteiger partial charge in [0.15, 0.2) is 6.10 Å². The van der Waals surface area contributed by atoms with Gasteiger partial charge in [-0.2, -0.15) is 0 Å². The molecule has 0 saturated heterocycles. The largest absolute Gasteiger partial charge is 0.472 e. The lowest BCUT2D eigenvalue weighted by atomic mass is 10.0. The Morgan fingerprint density at radius 1 is 0.319 bits per heavy atom. The first kappa shape index (κ1) is 87.0. The van der Waals surface area contributed by atoms with Crippen LogP contribution < -0.4 is 0 Å². The lowest BCUT2D eigenvalue weighted by molar-refractivity contribution is -0.161. The Labute approximate surface area is 551 Å².